The zero-order valence-electron chi connectivity index (χ0n) is 11.7. The molecule has 1 saturated heterocycles. The van der Waals surface area contributed by atoms with Crippen LogP contribution in [0.1, 0.15) is 40.0 Å². The fourth-order valence-electron chi connectivity index (χ4n) is 2.01. The van der Waals surface area contributed by atoms with Gasteiger partial charge in [0.2, 0.25) is 5.91 Å². The summed E-state index contributed by atoms with van der Waals surface area (Å²) in [7, 11) is 0. The van der Waals surface area contributed by atoms with Crippen LogP contribution in [0.3, 0.4) is 0 Å². The first-order chi connectivity index (χ1) is 8.15. The summed E-state index contributed by atoms with van der Waals surface area (Å²) in [6.07, 6.45) is 3.46. The molecule has 0 spiro atoms. The number of amides is 1. The molecule has 0 aliphatic carbocycles. The Morgan fingerprint density at radius 3 is 2.89 bits per heavy atom. The number of hydrogen-bond acceptors (Lipinski definition) is 3. The number of unbranched alkanes of at least 4 members (excludes halogenated alkanes) is 1. The van der Waals surface area contributed by atoms with E-state index in [2.05, 4.69) is 24.5 Å². The molecule has 0 radical (unpaired) electrons. The lowest BCUT2D eigenvalue weighted by atomic mass is 9.95. The van der Waals surface area contributed by atoms with Gasteiger partial charge >= 0.3 is 0 Å². The Kier molecular flexibility index (Phi) is 9.97. The molecule has 3 unspecified atom stereocenters. The van der Waals surface area contributed by atoms with Crippen LogP contribution < -0.4 is 10.6 Å². The van der Waals surface area contributed by atoms with Gasteiger partial charge in [-0.1, -0.05) is 20.3 Å². The van der Waals surface area contributed by atoms with Gasteiger partial charge in [0.15, 0.2) is 0 Å². The second kappa shape index (κ2) is 9.93. The van der Waals surface area contributed by atoms with E-state index in [0.29, 0.717) is 12.0 Å². The Morgan fingerprint density at radius 1 is 1.56 bits per heavy atom. The van der Waals surface area contributed by atoms with Crippen LogP contribution in [0, 0.1) is 5.92 Å². The van der Waals surface area contributed by atoms with Gasteiger partial charge in [-0.25, -0.2) is 0 Å². The molecule has 1 heterocycles. The number of piperidine rings is 1. The van der Waals surface area contributed by atoms with Gasteiger partial charge in [0.25, 0.3) is 0 Å². The molecule has 1 amide bonds. The molecule has 1 fully saturated rings. The smallest absolute Gasteiger partial charge is 0.233 e. The summed E-state index contributed by atoms with van der Waals surface area (Å²) in [4.78, 5) is 12.0. The molecular weight excluding hydrogens is 268 g/mol. The van der Waals surface area contributed by atoms with Crippen molar-refractivity contribution in [2.75, 3.05) is 18.8 Å². The fourth-order valence-corrected chi connectivity index (χ4v) is 3.04. The van der Waals surface area contributed by atoms with Gasteiger partial charge in [-0.3, -0.25) is 4.79 Å². The highest BCUT2D eigenvalue weighted by Crippen LogP contribution is 2.15. The van der Waals surface area contributed by atoms with Crippen molar-refractivity contribution in [3.8, 4) is 0 Å². The maximum absolute atomic E-state index is 12.0. The largest absolute Gasteiger partial charge is 0.352 e. The van der Waals surface area contributed by atoms with Crippen LogP contribution >= 0.6 is 24.2 Å². The van der Waals surface area contributed by atoms with Crippen LogP contribution in [0.5, 0.6) is 0 Å². The highest BCUT2D eigenvalue weighted by Gasteiger charge is 2.24. The van der Waals surface area contributed by atoms with Crippen molar-refractivity contribution in [2.24, 2.45) is 5.92 Å². The van der Waals surface area contributed by atoms with Crippen LogP contribution in [0.2, 0.25) is 0 Å². The Labute approximate surface area is 122 Å². The Bertz CT molecular complexity index is 241. The molecule has 108 valence electrons. The molecule has 0 bridgehead atoms. The molecule has 3 nitrogen and oxygen atoms in total. The Hall–Kier alpha value is 0.0700. The number of hydrogen-bond donors (Lipinski definition) is 2. The van der Waals surface area contributed by atoms with E-state index in [1.165, 1.54) is 12.8 Å². The number of carbonyl (C=O) groups is 1. The van der Waals surface area contributed by atoms with Gasteiger partial charge in [0.1, 0.15) is 0 Å². The van der Waals surface area contributed by atoms with Crippen molar-refractivity contribution in [3.05, 3.63) is 0 Å². The second-order valence-electron chi connectivity index (χ2n) is 4.95. The van der Waals surface area contributed by atoms with Crippen LogP contribution in [0.4, 0.5) is 0 Å². The van der Waals surface area contributed by atoms with Crippen LogP contribution in [0.25, 0.3) is 0 Å². The number of halogens is 1. The maximum atomic E-state index is 12.0. The standard InChI is InChI=1S/C13H26N2OS.ClH/c1-4-5-8-17-11(3)13(16)15-12-6-7-14-9-10(12)2;/h10-12,14H,4-9H2,1-3H3,(H,15,16);1H. The summed E-state index contributed by atoms with van der Waals surface area (Å²) in [5.74, 6) is 1.85. The van der Waals surface area contributed by atoms with E-state index in [1.807, 2.05) is 6.92 Å². The summed E-state index contributed by atoms with van der Waals surface area (Å²) < 4.78 is 0. The minimum Gasteiger partial charge on any atom is -0.352 e. The molecule has 5 heteroatoms. The summed E-state index contributed by atoms with van der Waals surface area (Å²) >= 11 is 1.77. The van der Waals surface area contributed by atoms with Crippen molar-refractivity contribution < 1.29 is 4.79 Å². The van der Waals surface area contributed by atoms with Gasteiger partial charge in [-0.2, -0.15) is 0 Å². The Morgan fingerprint density at radius 2 is 2.28 bits per heavy atom. The van der Waals surface area contributed by atoms with Gasteiger partial charge in [-0.15, -0.1) is 24.2 Å². The minimum atomic E-state index is 0. The van der Waals surface area contributed by atoms with E-state index >= 15 is 0 Å². The topological polar surface area (TPSA) is 41.1 Å². The quantitative estimate of drug-likeness (QED) is 0.740. The molecule has 0 saturated carbocycles. The number of carbonyl (C=O) groups excluding carboxylic acids is 1. The van der Waals surface area contributed by atoms with Crippen LogP contribution in [-0.4, -0.2) is 36.0 Å². The first-order valence-corrected chi connectivity index (χ1v) is 7.82. The number of nitrogens with one attached hydrogen (secondary N) is 2. The van der Waals surface area contributed by atoms with E-state index in [0.717, 1.165) is 25.3 Å². The molecule has 1 aliphatic heterocycles. The number of thioether (sulfide) groups is 1. The average Bonchev–Trinajstić information content (AvgIpc) is 2.32. The first kappa shape index (κ1) is 18.1. The second-order valence-corrected chi connectivity index (χ2v) is 6.40. The Balaban J connectivity index is 0.00000289. The molecule has 1 rings (SSSR count). The predicted octanol–water partition coefficient (Wildman–Crippen LogP) is 2.44. The van der Waals surface area contributed by atoms with Gasteiger partial charge in [0, 0.05) is 6.04 Å². The fraction of sp³-hybridized carbons (Fsp3) is 0.923. The third kappa shape index (κ3) is 6.30. The van der Waals surface area contributed by atoms with E-state index in [4.69, 9.17) is 0 Å². The van der Waals surface area contributed by atoms with E-state index in [-0.39, 0.29) is 23.6 Å². The zero-order valence-corrected chi connectivity index (χ0v) is 13.3. The third-order valence-corrected chi connectivity index (χ3v) is 4.59. The predicted molar refractivity (Wildman–Crippen MR) is 82.7 cm³/mol. The summed E-state index contributed by atoms with van der Waals surface area (Å²) in [5.41, 5.74) is 0. The lowest BCUT2D eigenvalue weighted by molar-refractivity contribution is -0.121. The van der Waals surface area contributed by atoms with Crippen molar-refractivity contribution in [2.45, 2.75) is 51.3 Å². The SMILES string of the molecule is CCCCSC(C)C(=O)NC1CCNCC1C.Cl. The molecule has 18 heavy (non-hydrogen) atoms. The van der Waals surface area contributed by atoms with Gasteiger partial charge in [0.05, 0.1) is 5.25 Å². The lowest BCUT2D eigenvalue weighted by Gasteiger charge is -2.31. The first-order valence-electron chi connectivity index (χ1n) is 6.77. The molecule has 2 N–H and O–H groups in total. The highest BCUT2D eigenvalue weighted by atomic mass is 35.5. The van der Waals surface area contributed by atoms with Crippen molar-refractivity contribution in [1.82, 2.24) is 10.6 Å². The van der Waals surface area contributed by atoms with E-state index < -0.39 is 0 Å². The van der Waals surface area contributed by atoms with Crippen molar-refractivity contribution >= 4 is 30.1 Å². The summed E-state index contributed by atoms with van der Waals surface area (Å²) in [6, 6.07) is 0.359. The minimum absolute atomic E-state index is 0. The van der Waals surface area contributed by atoms with Crippen LogP contribution in [0.15, 0.2) is 0 Å². The van der Waals surface area contributed by atoms with E-state index in [1.54, 1.807) is 11.8 Å². The average molecular weight is 295 g/mol. The molecule has 0 aromatic carbocycles. The molecule has 3 atom stereocenters. The highest BCUT2D eigenvalue weighted by molar-refractivity contribution is 8.00. The van der Waals surface area contributed by atoms with E-state index in [9.17, 15) is 4.79 Å². The molecule has 0 aromatic rings. The third-order valence-electron chi connectivity index (χ3n) is 3.35. The molecule has 0 aromatic heterocycles. The van der Waals surface area contributed by atoms with Crippen LogP contribution in [-0.2, 0) is 4.79 Å². The summed E-state index contributed by atoms with van der Waals surface area (Å²) in [6.45, 7) is 8.43. The zero-order chi connectivity index (χ0) is 12.7. The maximum Gasteiger partial charge on any atom is 0.233 e. The monoisotopic (exact) mass is 294 g/mol. The van der Waals surface area contributed by atoms with Gasteiger partial charge in [-0.05, 0) is 44.5 Å². The number of rotatable bonds is 6. The van der Waals surface area contributed by atoms with Crippen molar-refractivity contribution in [3.63, 3.8) is 0 Å². The lowest BCUT2D eigenvalue weighted by Crippen LogP contribution is -2.50. The summed E-state index contributed by atoms with van der Waals surface area (Å²) in [5, 5.41) is 6.63. The van der Waals surface area contributed by atoms with Gasteiger partial charge < -0.3 is 10.6 Å². The molecule has 1 aliphatic rings. The normalized spacial score (nSPS) is 25.1. The van der Waals surface area contributed by atoms with Crippen molar-refractivity contribution in [1.29, 1.82) is 0 Å². The molecular formula is C13H27ClN2OS.